The summed E-state index contributed by atoms with van der Waals surface area (Å²) in [5, 5.41) is 9.06. The van der Waals surface area contributed by atoms with E-state index in [1.165, 1.54) is 6.26 Å². The van der Waals surface area contributed by atoms with E-state index in [0.717, 1.165) is 23.7 Å². The molecule has 2 amide bonds. The molecule has 12 nitrogen and oxygen atoms in total. The highest BCUT2D eigenvalue weighted by atomic mass is 32.2. The fourth-order valence-electron chi connectivity index (χ4n) is 5.88. The predicted octanol–water partition coefficient (Wildman–Crippen LogP) is 2.81. The van der Waals surface area contributed by atoms with Crippen LogP contribution in [0.2, 0.25) is 0 Å². The first-order chi connectivity index (χ1) is 21.6. The minimum Gasteiger partial charge on any atom is -0.350 e. The lowest BCUT2D eigenvalue weighted by Gasteiger charge is -2.47. The van der Waals surface area contributed by atoms with Crippen molar-refractivity contribution in [3.8, 4) is 21.8 Å². The summed E-state index contributed by atoms with van der Waals surface area (Å²) in [6.07, 6.45) is 5.38. The van der Waals surface area contributed by atoms with Crippen molar-refractivity contribution in [1.29, 1.82) is 0 Å². The number of fused-ring (bicyclic) bond motifs is 1. The van der Waals surface area contributed by atoms with Gasteiger partial charge in [-0.05, 0) is 56.1 Å². The predicted molar refractivity (Wildman–Crippen MR) is 175 cm³/mol. The Morgan fingerprint density at radius 1 is 1.13 bits per heavy atom. The Morgan fingerprint density at radius 3 is 2.56 bits per heavy atom. The van der Waals surface area contributed by atoms with Gasteiger partial charge in [0.15, 0.2) is 15.5 Å². The molecule has 2 saturated heterocycles. The summed E-state index contributed by atoms with van der Waals surface area (Å²) in [5.41, 5.74) is 3.04. The average molecular weight is 651 g/mol. The molecule has 0 aliphatic carbocycles. The Bertz CT molecular complexity index is 1810. The van der Waals surface area contributed by atoms with Crippen LogP contribution in [0.15, 0.2) is 48.1 Å². The summed E-state index contributed by atoms with van der Waals surface area (Å²) in [4.78, 5) is 43.6. The maximum absolute atomic E-state index is 13.6. The van der Waals surface area contributed by atoms with Crippen LogP contribution in [0.25, 0.3) is 27.5 Å². The van der Waals surface area contributed by atoms with E-state index in [1.54, 1.807) is 39.1 Å². The minimum absolute atomic E-state index is 0.120. The maximum atomic E-state index is 13.6. The fraction of sp³-hybridized carbons (Fsp3) is 0.452. The minimum atomic E-state index is -3.20. The number of hydrogen-bond acceptors (Lipinski definition) is 10. The van der Waals surface area contributed by atoms with Gasteiger partial charge in [0, 0.05) is 50.2 Å². The molecule has 4 aromatic heterocycles. The Hall–Kier alpha value is -3.88. The van der Waals surface area contributed by atoms with Crippen molar-refractivity contribution in [1.82, 2.24) is 34.7 Å². The molecule has 2 aliphatic heterocycles. The first kappa shape index (κ1) is 31.1. The van der Waals surface area contributed by atoms with Crippen molar-refractivity contribution in [2.75, 3.05) is 50.4 Å². The Balaban J connectivity index is 1.33. The summed E-state index contributed by atoms with van der Waals surface area (Å²) in [7, 11) is -3.20. The molecule has 1 N–H and O–H groups in total. The summed E-state index contributed by atoms with van der Waals surface area (Å²) in [6, 6.07) is 9.07. The standard InChI is InChI=1S/C31H38N8O4S2/c1-5-36(6-2)20(3)16-32-30(40)21-14-25(23-17-33-39-12-9-24(35-29(23)39)27-8-7-13-44-27)34-28(15-21)38-11-10-26(38)31(41)37-18-22(19-37)45(4,42)43/h7-9,12-15,17,20,22,26H,5-6,10-11,16,18-19H2,1-4H3,(H,32,40). The van der Waals surface area contributed by atoms with Crippen LogP contribution in [0.1, 0.15) is 37.6 Å². The van der Waals surface area contributed by atoms with Crippen LogP contribution in [-0.4, -0.2) is 112 Å². The molecule has 4 aromatic rings. The van der Waals surface area contributed by atoms with Gasteiger partial charge in [-0.2, -0.15) is 5.10 Å². The highest BCUT2D eigenvalue weighted by molar-refractivity contribution is 7.91. The van der Waals surface area contributed by atoms with Crippen LogP contribution in [0.4, 0.5) is 5.82 Å². The van der Waals surface area contributed by atoms with Gasteiger partial charge in [0.25, 0.3) is 5.91 Å². The third-order valence-corrected chi connectivity index (χ3v) is 11.3. The van der Waals surface area contributed by atoms with Crippen molar-refractivity contribution >= 4 is 44.5 Å². The lowest BCUT2D eigenvalue weighted by molar-refractivity contribution is -0.137. The van der Waals surface area contributed by atoms with Crippen molar-refractivity contribution in [3.05, 3.63) is 53.7 Å². The Morgan fingerprint density at radius 2 is 1.91 bits per heavy atom. The van der Waals surface area contributed by atoms with Crippen LogP contribution in [0.5, 0.6) is 0 Å². The molecule has 0 spiro atoms. The van der Waals surface area contributed by atoms with Gasteiger partial charge < -0.3 is 15.1 Å². The zero-order valence-corrected chi connectivity index (χ0v) is 27.5. The summed E-state index contributed by atoms with van der Waals surface area (Å²) in [5.74, 6) is 0.156. The van der Waals surface area contributed by atoms with Gasteiger partial charge in [-0.15, -0.1) is 11.3 Å². The van der Waals surface area contributed by atoms with Crippen molar-refractivity contribution in [2.24, 2.45) is 0 Å². The number of thiophene rings is 1. The highest BCUT2D eigenvalue weighted by Crippen LogP contribution is 2.33. The second-order valence-corrected chi connectivity index (χ2v) is 15.0. The monoisotopic (exact) mass is 650 g/mol. The van der Waals surface area contributed by atoms with Gasteiger partial charge in [-0.3, -0.25) is 14.5 Å². The molecule has 2 unspecified atom stereocenters. The Kier molecular flexibility index (Phi) is 8.63. The molecule has 0 aromatic carbocycles. The van der Waals surface area contributed by atoms with E-state index in [2.05, 4.69) is 36.1 Å². The molecular formula is C31H38N8O4S2. The van der Waals surface area contributed by atoms with Gasteiger partial charge >= 0.3 is 0 Å². The maximum Gasteiger partial charge on any atom is 0.251 e. The van der Waals surface area contributed by atoms with Crippen molar-refractivity contribution in [3.63, 3.8) is 0 Å². The molecule has 2 fully saturated rings. The number of likely N-dealkylation sites (N-methyl/N-ethyl adjacent to an activating group) is 1. The van der Waals surface area contributed by atoms with E-state index >= 15 is 0 Å². The summed E-state index contributed by atoms with van der Waals surface area (Å²) in [6.45, 7) is 9.55. The SMILES string of the molecule is CCN(CC)C(C)CNC(=O)c1cc(-c2cnn3ccc(-c4cccs4)nc23)nc(N2CCC2C(=O)N2CC(S(C)(=O)=O)C2)c1. The molecule has 14 heteroatoms. The van der Waals surface area contributed by atoms with Crippen LogP contribution >= 0.6 is 11.3 Å². The molecule has 0 bridgehead atoms. The smallest absolute Gasteiger partial charge is 0.251 e. The van der Waals surface area contributed by atoms with Gasteiger partial charge in [-0.1, -0.05) is 19.9 Å². The van der Waals surface area contributed by atoms with Crippen LogP contribution < -0.4 is 10.2 Å². The number of rotatable bonds is 11. The topological polar surface area (TPSA) is 133 Å². The van der Waals surface area contributed by atoms with E-state index in [4.69, 9.17) is 9.97 Å². The average Bonchev–Trinajstić information content (AvgIpc) is 3.64. The zero-order chi connectivity index (χ0) is 31.9. The van der Waals surface area contributed by atoms with Crippen LogP contribution in [0, 0.1) is 0 Å². The van der Waals surface area contributed by atoms with Crippen LogP contribution in [-0.2, 0) is 14.6 Å². The molecule has 45 heavy (non-hydrogen) atoms. The number of sulfone groups is 1. The molecule has 2 atom stereocenters. The first-order valence-corrected chi connectivity index (χ1v) is 18.1. The van der Waals surface area contributed by atoms with Crippen molar-refractivity contribution in [2.45, 2.75) is 44.5 Å². The number of carbonyl (C=O) groups excluding carboxylic acids is 2. The third-order valence-electron chi connectivity index (χ3n) is 8.85. The van der Waals surface area contributed by atoms with E-state index in [-0.39, 0.29) is 30.9 Å². The zero-order valence-electron chi connectivity index (χ0n) is 25.9. The van der Waals surface area contributed by atoms with E-state index in [9.17, 15) is 18.0 Å². The molecule has 0 saturated carbocycles. The molecule has 2 aliphatic rings. The fourth-order valence-corrected chi connectivity index (χ4v) is 7.48. The Labute approximate surface area is 267 Å². The largest absolute Gasteiger partial charge is 0.350 e. The van der Waals surface area contributed by atoms with Gasteiger partial charge in [-0.25, -0.2) is 22.9 Å². The second-order valence-electron chi connectivity index (χ2n) is 11.7. The molecular weight excluding hydrogens is 613 g/mol. The van der Waals surface area contributed by atoms with Gasteiger partial charge in [0.05, 0.1) is 33.3 Å². The number of nitrogens with one attached hydrogen (secondary N) is 1. The number of likely N-dealkylation sites (tertiary alicyclic amines) is 1. The molecule has 6 heterocycles. The third kappa shape index (κ3) is 6.18. The van der Waals surface area contributed by atoms with E-state index in [0.29, 0.717) is 47.8 Å². The lowest BCUT2D eigenvalue weighted by Crippen LogP contribution is -2.64. The number of aromatic nitrogens is 4. The number of nitrogens with zero attached hydrogens (tertiary/aromatic N) is 7. The van der Waals surface area contributed by atoms with Crippen LogP contribution in [0.3, 0.4) is 0 Å². The van der Waals surface area contributed by atoms with Gasteiger partial charge in [0.2, 0.25) is 5.91 Å². The van der Waals surface area contributed by atoms with E-state index < -0.39 is 21.1 Å². The number of anilines is 1. The van der Waals surface area contributed by atoms with E-state index in [1.807, 2.05) is 34.7 Å². The normalized spacial score (nSPS) is 17.8. The first-order valence-electron chi connectivity index (χ1n) is 15.2. The number of pyridine rings is 1. The summed E-state index contributed by atoms with van der Waals surface area (Å²) >= 11 is 1.60. The number of hydrogen-bond donors (Lipinski definition) is 1. The summed E-state index contributed by atoms with van der Waals surface area (Å²) < 4.78 is 25.5. The molecule has 0 radical (unpaired) electrons. The second kappa shape index (κ2) is 12.5. The molecule has 238 valence electrons. The van der Waals surface area contributed by atoms with Gasteiger partial charge in [0.1, 0.15) is 11.9 Å². The highest BCUT2D eigenvalue weighted by Gasteiger charge is 2.44. The van der Waals surface area contributed by atoms with Crippen molar-refractivity contribution < 1.29 is 18.0 Å². The molecule has 6 rings (SSSR count). The lowest BCUT2D eigenvalue weighted by atomic mass is 9.99. The number of amides is 2. The quantitative estimate of drug-likeness (QED) is 0.260. The number of carbonyl (C=O) groups is 2.